The van der Waals surface area contributed by atoms with E-state index in [4.69, 9.17) is 0 Å². The molecule has 1 amide bonds. The van der Waals surface area contributed by atoms with Crippen molar-refractivity contribution in [3.8, 4) is 0 Å². The minimum absolute atomic E-state index is 0.0100. The maximum absolute atomic E-state index is 11.8. The number of aliphatic hydroxyl groups excluding tert-OH is 1. The van der Waals surface area contributed by atoms with Crippen molar-refractivity contribution >= 4 is 28.4 Å². The van der Waals surface area contributed by atoms with Crippen molar-refractivity contribution in [2.45, 2.75) is 13.0 Å². The quantitative estimate of drug-likeness (QED) is 0.862. The maximum Gasteiger partial charge on any atom is 0.223 e. The first-order valence-electron chi connectivity index (χ1n) is 7.05. The Balaban J connectivity index is 1.98. The predicted molar refractivity (Wildman–Crippen MR) is 89.5 cm³/mol. The van der Waals surface area contributed by atoms with Gasteiger partial charge in [0.25, 0.3) is 0 Å². The molecule has 2 aromatic carbocycles. The second kappa shape index (κ2) is 7.48. The Labute approximate surface area is 129 Å². The SMILES string of the molecule is CSCC(C)C(=O)NCC(O)c1ccc2ccccc2c1. The fraction of sp³-hybridized carbons (Fsp3) is 0.353. The average Bonchev–Trinajstić information content (AvgIpc) is 2.52. The summed E-state index contributed by atoms with van der Waals surface area (Å²) < 4.78 is 0. The van der Waals surface area contributed by atoms with E-state index in [9.17, 15) is 9.90 Å². The fourth-order valence-corrected chi connectivity index (χ4v) is 2.88. The standard InChI is InChI=1S/C17H21NO2S/c1-12(11-21-2)17(20)18-10-16(19)15-8-7-13-5-3-4-6-14(13)9-15/h3-9,12,16,19H,10-11H2,1-2H3,(H,18,20). The molecule has 2 atom stereocenters. The molecule has 21 heavy (non-hydrogen) atoms. The second-order valence-corrected chi connectivity index (χ2v) is 6.13. The zero-order valence-electron chi connectivity index (χ0n) is 12.4. The summed E-state index contributed by atoms with van der Waals surface area (Å²) in [7, 11) is 0. The highest BCUT2D eigenvalue weighted by atomic mass is 32.2. The molecular formula is C17H21NO2S. The van der Waals surface area contributed by atoms with Crippen LogP contribution in [0.15, 0.2) is 42.5 Å². The van der Waals surface area contributed by atoms with Gasteiger partial charge in [-0.05, 0) is 28.7 Å². The van der Waals surface area contributed by atoms with E-state index in [2.05, 4.69) is 5.32 Å². The molecule has 112 valence electrons. The molecule has 0 heterocycles. The largest absolute Gasteiger partial charge is 0.387 e. The van der Waals surface area contributed by atoms with Crippen LogP contribution in [0.3, 0.4) is 0 Å². The van der Waals surface area contributed by atoms with Gasteiger partial charge in [-0.2, -0.15) is 11.8 Å². The van der Waals surface area contributed by atoms with Gasteiger partial charge in [-0.3, -0.25) is 4.79 Å². The second-order valence-electron chi connectivity index (χ2n) is 5.22. The molecule has 0 aliphatic heterocycles. The molecule has 2 N–H and O–H groups in total. The Kier molecular flexibility index (Phi) is 5.65. The van der Waals surface area contributed by atoms with Crippen molar-refractivity contribution in [2.75, 3.05) is 18.6 Å². The highest BCUT2D eigenvalue weighted by Crippen LogP contribution is 2.20. The normalized spacial score (nSPS) is 13.9. The predicted octanol–water partition coefficient (Wildman–Crippen LogP) is 2.99. The summed E-state index contributed by atoms with van der Waals surface area (Å²) >= 11 is 1.65. The summed E-state index contributed by atoms with van der Waals surface area (Å²) in [5, 5.41) is 15.3. The number of rotatable bonds is 6. The number of hydrogen-bond donors (Lipinski definition) is 2. The van der Waals surface area contributed by atoms with Gasteiger partial charge in [-0.15, -0.1) is 0 Å². The van der Waals surface area contributed by atoms with Crippen LogP contribution in [0.4, 0.5) is 0 Å². The van der Waals surface area contributed by atoms with E-state index in [0.717, 1.165) is 22.1 Å². The number of carbonyl (C=O) groups excluding carboxylic acids is 1. The Morgan fingerprint density at radius 1 is 1.24 bits per heavy atom. The Bertz CT molecular complexity index is 615. The minimum atomic E-state index is -0.681. The van der Waals surface area contributed by atoms with E-state index in [1.807, 2.05) is 55.6 Å². The summed E-state index contributed by atoms with van der Waals surface area (Å²) in [6.07, 6.45) is 1.30. The molecule has 0 bridgehead atoms. The van der Waals surface area contributed by atoms with Crippen molar-refractivity contribution in [1.29, 1.82) is 0 Å². The van der Waals surface area contributed by atoms with E-state index in [0.29, 0.717) is 0 Å². The van der Waals surface area contributed by atoms with Gasteiger partial charge in [0.1, 0.15) is 0 Å². The third-order valence-electron chi connectivity index (χ3n) is 3.49. The molecule has 0 aromatic heterocycles. The molecule has 4 heteroatoms. The molecule has 0 radical (unpaired) electrons. The minimum Gasteiger partial charge on any atom is -0.387 e. The number of benzene rings is 2. The number of amides is 1. The van der Waals surface area contributed by atoms with Gasteiger partial charge >= 0.3 is 0 Å². The lowest BCUT2D eigenvalue weighted by molar-refractivity contribution is -0.124. The molecular weight excluding hydrogens is 282 g/mol. The Hall–Kier alpha value is -1.52. The van der Waals surface area contributed by atoms with Crippen LogP contribution < -0.4 is 5.32 Å². The third-order valence-corrected chi connectivity index (χ3v) is 4.33. The van der Waals surface area contributed by atoms with Crippen LogP contribution in [0, 0.1) is 5.92 Å². The van der Waals surface area contributed by atoms with E-state index >= 15 is 0 Å². The number of thioether (sulfide) groups is 1. The van der Waals surface area contributed by atoms with Gasteiger partial charge in [-0.1, -0.05) is 43.3 Å². The molecule has 0 fully saturated rings. The van der Waals surface area contributed by atoms with Gasteiger partial charge in [-0.25, -0.2) is 0 Å². The monoisotopic (exact) mass is 303 g/mol. The fourth-order valence-electron chi connectivity index (χ4n) is 2.23. The molecule has 0 aliphatic carbocycles. The summed E-state index contributed by atoms with van der Waals surface area (Å²) in [4.78, 5) is 11.8. The summed E-state index contributed by atoms with van der Waals surface area (Å²) in [5.74, 6) is 0.741. The summed E-state index contributed by atoms with van der Waals surface area (Å²) in [5.41, 5.74) is 0.825. The Morgan fingerprint density at radius 3 is 2.67 bits per heavy atom. The van der Waals surface area contributed by atoms with Gasteiger partial charge in [0.2, 0.25) is 5.91 Å². The topological polar surface area (TPSA) is 49.3 Å². The molecule has 3 nitrogen and oxygen atoms in total. The smallest absolute Gasteiger partial charge is 0.223 e. The first kappa shape index (κ1) is 15.9. The van der Waals surface area contributed by atoms with Gasteiger partial charge < -0.3 is 10.4 Å². The van der Waals surface area contributed by atoms with Crippen LogP contribution in [0.5, 0.6) is 0 Å². The van der Waals surface area contributed by atoms with Crippen LogP contribution in [-0.4, -0.2) is 29.6 Å². The van der Waals surface area contributed by atoms with Crippen molar-refractivity contribution in [3.63, 3.8) is 0 Å². The van der Waals surface area contributed by atoms with Crippen LogP contribution in [0.1, 0.15) is 18.6 Å². The van der Waals surface area contributed by atoms with E-state index in [1.165, 1.54) is 0 Å². The highest BCUT2D eigenvalue weighted by Gasteiger charge is 2.14. The van der Waals surface area contributed by atoms with Crippen LogP contribution in [0.2, 0.25) is 0 Å². The first-order chi connectivity index (χ1) is 10.1. The maximum atomic E-state index is 11.8. The molecule has 0 spiro atoms. The van der Waals surface area contributed by atoms with Gasteiger partial charge in [0, 0.05) is 18.2 Å². The van der Waals surface area contributed by atoms with Crippen molar-refractivity contribution in [1.82, 2.24) is 5.32 Å². The zero-order chi connectivity index (χ0) is 15.2. The molecule has 0 saturated heterocycles. The van der Waals surface area contributed by atoms with Crippen LogP contribution in [-0.2, 0) is 4.79 Å². The number of fused-ring (bicyclic) bond motifs is 1. The van der Waals surface area contributed by atoms with Crippen molar-refractivity contribution < 1.29 is 9.90 Å². The van der Waals surface area contributed by atoms with E-state index in [-0.39, 0.29) is 18.4 Å². The number of nitrogens with one attached hydrogen (secondary N) is 1. The van der Waals surface area contributed by atoms with Gasteiger partial charge in [0.05, 0.1) is 6.10 Å². The first-order valence-corrected chi connectivity index (χ1v) is 8.44. The Morgan fingerprint density at radius 2 is 1.95 bits per heavy atom. The molecule has 2 aromatic rings. The molecule has 0 saturated carbocycles. The molecule has 2 unspecified atom stereocenters. The lowest BCUT2D eigenvalue weighted by Crippen LogP contribution is -2.33. The van der Waals surface area contributed by atoms with Crippen molar-refractivity contribution in [2.24, 2.45) is 5.92 Å². The number of hydrogen-bond acceptors (Lipinski definition) is 3. The lowest BCUT2D eigenvalue weighted by Gasteiger charge is -2.15. The third kappa shape index (κ3) is 4.22. The van der Waals surface area contributed by atoms with Crippen LogP contribution in [0.25, 0.3) is 10.8 Å². The summed E-state index contributed by atoms with van der Waals surface area (Å²) in [6, 6.07) is 13.9. The lowest BCUT2D eigenvalue weighted by atomic mass is 10.0. The highest BCUT2D eigenvalue weighted by molar-refractivity contribution is 7.98. The van der Waals surface area contributed by atoms with Gasteiger partial charge in [0.15, 0.2) is 0 Å². The zero-order valence-corrected chi connectivity index (χ0v) is 13.2. The van der Waals surface area contributed by atoms with Crippen LogP contribution >= 0.6 is 11.8 Å². The molecule has 2 rings (SSSR count). The van der Waals surface area contributed by atoms with E-state index < -0.39 is 6.10 Å². The molecule has 0 aliphatic rings. The summed E-state index contributed by atoms with van der Waals surface area (Å²) in [6.45, 7) is 2.14. The average molecular weight is 303 g/mol. The van der Waals surface area contributed by atoms with E-state index in [1.54, 1.807) is 11.8 Å². The number of carbonyl (C=O) groups is 1. The number of aliphatic hydroxyl groups is 1. The van der Waals surface area contributed by atoms with Crippen molar-refractivity contribution in [3.05, 3.63) is 48.0 Å².